The molecular weight excluding hydrogens is 230 g/mol. The molecule has 96 valence electrons. The molecule has 0 radical (unpaired) electrons. The van der Waals surface area contributed by atoms with Crippen molar-refractivity contribution in [2.45, 2.75) is 13.2 Å². The Labute approximate surface area is 106 Å². The second kappa shape index (κ2) is 6.07. The molecule has 0 saturated heterocycles. The van der Waals surface area contributed by atoms with Crippen LogP contribution >= 0.6 is 0 Å². The van der Waals surface area contributed by atoms with Crippen LogP contribution in [0, 0.1) is 0 Å². The molecule has 2 N–H and O–H groups in total. The summed E-state index contributed by atoms with van der Waals surface area (Å²) in [6.45, 7) is 1.89. The molecule has 1 aromatic heterocycles. The lowest BCUT2D eigenvalue weighted by atomic mass is 10.2. The lowest BCUT2D eigenvalue weighted by Gasteiger charge is -2.05. The van der Waals surface area contributed by atoms with E-state index >= 15 is 0 Å². The number of anilines is 1. The van der Waals surface area contributed by atoms with Gasteiger partial charge in [-0.25, -0.2) is 0 Å². The maximum absolute atomic E-state index is 5.56. The molecular formula is C13H17N3O2. The van der Waals surface area contributed by atoms with Crippen LogP contribution in [0.3, 0.4) is 0 Å². The summed E-state index contributed by atoms with van der Waals surface area (Å²) in [4.78, 5) is 0. The number of methoxy groups -OCH3 is 1. The van der Waals surface area contributed by atoms with Crippen LogP contribution < -0.4 is 10.5 Å². The highest BCUT2D eigenvalue weighted by Gasteiger charge is 1.97. The molecule has 5 heteroatoms. The number of benzene rings is 1. The van der Waals surface area contributed by atoms with Gasteiger partial charge in [0.2, 0.25) is 0 Å². The molecule has 0 atom stereocenters. The van der Waals surface area contributed by atoms with E-state index in [0.29, 0.717) is 25.6 Å². The Bertz CT molecular complexity index is 479. The monoisotopic (exact) mass is 247 g/mol. The molecule has 0 fully saturated rings. The van der Waals surface area contributed by atoms with E-state index in [1.54, 1.807) is 17.9 Å². The van der Waals surface area contributed by atoms with Crippen molar-refractivity contribution in [3.8, 4) is 5.75 Å². The van der Waals surface area contributed by atoms with E-state index in [9.17, 15) is 0 Å². The minimum atomic E-state index is 0.533. The first kappa shape index (κ1) is 12.4. The summed E-state index contributed by atoms with van der Waals surface area (Å²) < 4.78 is 12.4. The van der Waals surface area contributed by atoms with Crippen LogP contribution in [-0.2, 0) is 17.9 Å². The molecule has 0 saturated carbocycles. The van der Waals surface area contributed by atoms with Crippen molar-refractivity contribution < 1.29 is 9.47 Å². The maximum Gasteiger partial charge on any atom is 0.145 e. The molecule has 0 aliphatic rings. The van der Waals surface area contributed by atoms with Crippen molar-refractivity contribution in [1.29, 1.82) is 0 Å². The first-order valence-corrected chi connectivity index (χ1v) is 5.77. The van der Waals surface area contributed by atoms with E-state index in [2.05, 4.69) is 5.10 Å². The fourth-order valence-electron chi connectivity index (χ4n) is 1.57. The van der Waals surface area contributed by atoms with Gasteiger partial charge >= 0.3 is 0 Å². The van der Waals surface area contributed by atoms with Crippen LogP contribution in [0.25, 0.3) is 0 Å². The zero-order valence-electron chi connectivity index (χ0n) is 10.4. The predicted molar refractivity (Wildman–Crippen MR) is 69.3 cm³/mol. The standard InChI is InChI=1S/C13H17N3O2/c1-17-12-4-2-11(3-5-12)10-18-9-8-16-7-6-13(14)15-16/h2-7H,8-10H2,1H3,(H2,14,15). The van der Waals surface area contributed by atoms with Crippen LogP contribution in [0.4, 0.5) is 5.82 Å². The van der Waals surface area contributed by atoms with Crippen LogP contribution in [0.2, 0.25) is 0 Å². The molecule has 1 aromatic carbocycles. The van der Waals surface area contributed by atoms with Crippen LogP contribution in [0.5, 0.6) is 5.75 Å². The largest absolute Gasteiger partial charge is 0.497 e. The summed E-state index contributed by atoms with van der Waals surface area (Å²) in [6.07, 6.45) is 1.84. The molecule has 2 aromatic rings. The number of hydrogen-bond donors (Lipinski definition) is 1. The second-order valence-electron chi connectivity index (χ2n) is 3.90. The Morgan fingerprint density at radius 1 is 1.22 bits per heavy atom. The zero-order valence-corrected chi connectivity index (χ0v) is 10.4. The Hall–Kier alpha value is -2.01. The molecule has 0 unspecified atom stereocenters. The SMILES string of the molecule is COc1ccc(COCCn2ccc(N)n2)cc1. The molecule has 0 aliphatic carbocycles. The van der Waals surface area contributed by atoms with Crippen molar-refractivity contribution in [3.63, 3.8) is 0 Å². The van der Waals surface area contributed by atoms with Crippen molar-refractivity contribution in [2.24, 2.45) is 0 Å². The fraction of sp³-hybridized carbons (Fsp3) is 0.308. The molecule has 18 heavy (non-hydrogen) atoms. The highest BCUT2D eigenvalue weighted by atomic mass is 16.5. The van der Waals surface area contributed by atoms with Gasteiger partial charge in [-0.15, -0.1) is 0 Å². The third-order valence-corrected chi connectivity index (χ3v) is 2.55. The average Bonchev–Trinajstić information content (AvgIpc) is 2.81. The molecule has 1 heterocycles. The Morgan fingerprint density at radius 3 is 2.61 bits per heavy atom. The number of rotatable bonds is 6. The zero-order chi connectivity index (χ0) is 12.8. The van der Waals surface area contributed by atoms with Crippen LogP contribution in [-0.4, -0.2) is 23.5 Å². The van der Waals surface area contributed by atoms with Gasteiger partial charge in [0.05, 0.1) is 26.9 Å². The van der Waals surface area contributed by atoms with Gasteiger partial charge in [-0.3, -0.25) is 4.68 Å². The third-order valence-electron chi connectivity index (χ3n) is 2.55. The summed E-state index contributed by atoms with van der Waals surface area (Å²) in [5, 5.41) is 4.08. The molecule has 0 amide bonds. The van der Waals surface area contributed by atoms with Crippen LogP contribution in [0.1, 0.15) is 5.56 Å². The molecule has 0 bridgehead atoms. The average molecular weight is 247 g/mol. The number of aromatic nitrogens is 2. The molecule has 5 nitrogen and oxygen atoms in total. The number of ether oxygens (including phenoxy) is 2. The second-order valence-corrected chi connectivity index (χ2v) is 3.90. The smallest absolute Gasteiger partial charge is 0.145 e. The summed E-state index contributed by atoms with van der Waals surface area (Å²) >= 11 is 0. The third kappa shape index (κ3) is 3.49. The Balaban J connectivity index is 1.71. The van der Waals surface area contributed by atoms with E-state index in [-0.39, 0.29) is 0 Å². The highest BCUT2D eigenvalue weighted by Crippen LogP contribution is 2.11. The Morgan fingerprint density at radius 2 is 2.00 bits per heavy atom. The number of nitrogens with zero attached hydrogens (tertiary/aromatic N) is 2. The summed E-state index contributed by atoms with van der Waals surface area (Å²) in [7, 11) is 1.65. The molecule has 0 spiro atoms. The number of hydrogen-bond acceptors (Lipinski definition) is 4. The van der Waals surface area contributed by atoms with Gasteiger partial charge in [-0.05, 0) is 23.8 Å². The van der Waals surface area contributed by atoms with Gasteiger partial charge in [0.15, 0.2) is 0 Å². The van der Waals surface area contributed by atoms with E-state index in [4.69, 9.17) is 15.2 Å². The van der Waals surface area contributed by atoms with E-state index < -0.39 is 0 Å². The Kier molecular flexibility index (Phi) is 4.20. The number of nitrogen functional groups attached to an aromatic ring is 1. The maximum atomic E-state index is 5.56. The van der Waals surface area contributed by atoms with Crippen molar-refractivity contribution in [2.75, 3.05) is 19.5 Å². The summed E-state index contributed by atoms with van der Waals surface area (Å²) in [6, 6.07) is 9.60. The quantitative estimate of drug-likeness (QED) is 0.789. The molecule has 0 aliphatic heterocycles. The molecule has 2 rings (SSSR count). The summed E-state index contributed by atoms with van der Waals surface area (Å²) in [5.41, 5.74) is 6.64. The first-order valence-electron chi connectivity index (χ1n) is 5.77. The highest BCUT2D eigenvalue weighted by molar-refractivity contribution is 5.26. The van der Waals surface area contributed by atoms with Gasteiger partial charge in [-0.1, -0.05) is 12.1 Å². The summed E-state index contributed by atoms with van der Waals surface area (Å²) in [5.74, 6) is 1.39. The van der Waals surface area contributed by atoms with Crippen molar-refractivity contribution in [3.05, 3.63) is 42.1 Å². The van der Waals surface area contributed by atoms with Crippen molar-refractivity contribution >= 4 is 5.82 Å². The van der Waals surface area contributed by atoms with Crippen molar-refractivity contribution in [1.82, 2.24) is 9.78 Å². The number of nitrogens with two attached hydrogens (primary N) is 1. The normalized spacial score (nSPS) is 10.5. The lowest BCUT2D eigenvalue weighted by molar-refractivity contribution is 0.111. The van der Waals surface area contributed by atoms with Crippen LogP contribution in [0.15, 0.2) is 36.5 Å². The van der Waals surface area contributed by atoms with Gasteiger partial charge in [0.1, 0.15) is 11.6 Å². The minimum absolute atomic E-state index is 0.533. The fourth-order valence-corrected chi connectivity index (χ4v) is 1.57. The topological polar surface area (TPSA) is 62.3 Å². The van der Waals surface area contributed by atoms with E-state index in [0.717, 1.165) is 11.3 Å². The van der Waals surface area contributed by atoms with Gasteiger partial charge in [0.25, 0.3) is 0 Å². The predicted octanol–water partition coefficient (Wildman–Crippen LogP) is 1.69. The van der Waals surface area contributed by atoms with E-state index in [1.807, 2.05) is 30.5 Å². The minimum Gasteiger partial charge on any atom is -0.497 e. The van der Waals surface area contributed by atoms with Gasteiger partial charge in [-0.2, -0.15) is 5.10 Å². The van der Waals surface area contributed by atoms with Gasteiger partial charge < -0.3 is 15.2 Å². The first-order chi connectivity index (χ1) is 8.78. The lowest BCUT2D eigenvalue weighted by Crippen LogP contribution is -2.07. The van der Waals surface area contributed by atoms with Gasteiger partial charge in [0, 0.05) is 6.20 Å². The van der Waals surface area contributed by atoms with E-state index in [1.165, 1.54) is 0 Å².